The summed E-state index contributed by atoms with van der Waals surface area (Å²) >= 11 is 3.13. The zero-order valence-electron chi connectivity index (χ0n) is 12.5. The van der Waals surface area contributed by atoms with Crippen LogP contribution in [0.4, 0.5) is 8.78 Å². The Labute approximate surface area is 129 Å². The third-order valence-corrected chi connectivity index (χ3v) is 4.45. The molecule has 0 saturated carbocycles. The Morgan fingerprint density at radius 1 is 1.15 bits per heavy atom. The number of rotatable bonds is 8. The van der Waals surface area contributed by atoms with Crippen LogP contribution in [0.25, 0.3) is 0 Å². The second-order valence-corrected chi connectivity index (χ2v) is 6.02. The van der Waals surface area contributed by atoms with E-state index in [0.29, 0.717) is 16.8 Å². The van der Waals surface area contributed by atoms with Gasteiger partial charge in [0.25, 0.3) is 0 Å². The molecule has 0 aliphatic carbocycles. The van der Waals surface area contributed by atoms with Crippen LogP contribution in [0.15, 0.2) is 16.6 Å². The second-order valence-electron chi connectivity index (χ2n) is 5.16. The summed E-state index contributed by atoms with van der Waals surface area (Å²) in [6.07, 6.45) is 3.42. The van der Waals surface area contributed by atoms with Crippen molar-refractivity contribution < 1.29 is 8.78 Å². The fraction of sp³-hybridized carbons (Fsp3) is 0.625. The van der Waals surface area contributed by atoms with Gasteiger partial charge in [0.05, 0.1) is 4.47 Å². The van der Waals surface area contributed by atoms with Gasteiger partial charge in [-0.05, 0) is 53.4 Å². The fourth-order valence-corrected chi connectivity index (χ4v) is 2.94. The molecular weight excluding hydrogens is 324 g/mol. The lowest BCUT2D eigenvalue weighted by Gasteiger charge is -2.27. The van der Waals surface area contributed by atoms with Crippen LogP contribution in [0.2, 0.25) is 0 Å². The molecule has 0 spiro atoms. The minimum Gasteiger partial charge on any atom is -0.313 e. The van der Waals surface area contributed by atoms with Gasteiger partial charge in [0, 0.05) is 11.6 Å². The lowest BCUT2D eigenvalue weighted by molar-refractivity contribution is 0.326. The number of nitrogens with one attached hydrogen (secondary N) is 1. The fourth-order valence-electron chi connectivity index (χ4n) is 2.57. The van der Waals surface area contributed by atoms with Crippen LogP contribution in [0.5, 0.6) is 0 Å². The highest BCUT2D eigenvalue weighted by Gasteiger charge is 2.22. The lowest BCUT2D eigenvalue weighted by atomic mass is 9.89. The average Bonchev–Trinajstić information content (AvgIpc) is 2.45. The Hall–Kier alpha value is -0.480. The van der Waals surface area contributed by atoms with E-state index in [0.717, 1.165) is 25.8 Å². The van der Waals surface area contributed by atoms with Gasteiger partial charge in [0.15, 0.2) is 0 Å². The summed E-state index contributed by atoms with van der Waals surface area (Å²) in [5.74, 6) is -0.501. The SMILES string of the molecule is CCCNC(Cc1c(F)ccc(Br)c1F)C(CC)CC. The quantitative estimate of drug-likeness (QED) is 0.647. The van der Waals surface area contributed by atoms with Crippen LogP contribution in [-0.2, 0) is 6.42 Å². The molecule has 1 N–H and O–H groups in total. The number of halogens is 3. The Balaban J connectivity index is 2.97. The van der Waals surface area contributed by atoms with Gasteiger partial charge in [-0.25, -0.2) is 8.78 Å². The number of benzene rings is 1. The van der Waals surface area contributed by atoms with Crippen LogP contribution in [-0.4, -0.2) is 12.6 Å². The molecule has 1 nitrogen and oxygen atoms in total. The monoisotopic (exact) mass is 347 g/mol. The Morgan fingerprint density at radius 2 is 1.80 bits per heavy atom. The molecule has 0 heterocycles. The molecule has 0 aromatic heterocycles. The van der Waals surface area contributed by atoms with Gasteiger partial charge in [-0.3, -0.25) is 0 Å². The van der Waals surface area contributed by atoms with E-state index in [9.17, 15) is 8.78 Å². The van der Waals surface area contributed by atoms with Crippen molar-refractivity contribution in [2.24, 2.45) is 5.92 Å². The molecule has 0 aliphatic heterocycles. The molecule has 0 radical (unpaired) electrons. The zero-order valence-corrected chi connectivity index (χ0v) is 14.1. The van der Waals surface area contributed by atoms with E-state index in [1.54, 1.807) is 0 Å². The molecule has 1 atom stereocenters. The van der Waals surface area contributed by atoms with Crippen molar-refractivity contribution in [1.29, 1.82) is 0 Å². The summed E-state index contributed by atoms with van der Waals surface area (Å²) in [6.45, 7) is 7.22. The molecule has 0 fully saturated rings. The lowest BCUT2D eigenvalue weighted by Crippen LogP contribution is -2.38. The molecule has 1 unspecified atom stereocenters. The van der Waals surface area contributed by atoms with Gasteiger partial charge in [-0.15, -0.1) is 0 Å². The maximum absolute atomic E-state index is 14.1. The Bertz CT molecular complexity index is 419. The van der Waals surface area contributed by atoms with Crippen molar-refractivity contribution in [1.82, 2.24) is 5.32 Å². The normalized spacial score (nSPS) is 12.9. The first-order chi connectivity index (χ1) is 9.54. The van der Waals surface area contributed by atoms with Crippen molar-refractivity contribution >= 4 is 15.9 Å². The van der Waals surface area contributed by atoms with Gasteiger partial charge >= 0.3 is 0 Å². The van der Waals surface area contributed by atoms with Gasteiger partial charge in [0.1, 0.15) is 11.6 Å². The average molecular weight is 348 g/mol. The maximum Gasteiger partial charge on any atom is 0.143 e. The summed E-state index contributed by atoms with van der Waals surface area (Å²) in [6, 6.07) is 2.86. The van der Waals surface area contributed by atoms with Gasteiger partial charge < -0.3 is 5.32 Å². The molecule has 0 amide bonds. The smallest absolute Gasteiger partial charge is 0.143 e. The largest absolute Gasteiger partial charge is 0.313 e. The molecule has 0 saturated heterocycles. The topological polar surface area (TPSA) is 12.0 Å². The van der Waals surface area contributed by atoms with E-state index in [2.05, 4.69) is 42.0 Å². The summed E-state index contributed by atoms with van der Waals surface area (Å²) in [5, 5.41) is 3.45. The van der Waals surface area contributed by atoms with Crippen molar-refractivity contribution in [3.63, 3.8) is 0 Å². The molecule has 1 aromatic rings. The van der Waals surface area contributed by atoms with Crippen LogP contribution in [0.1, 0.15) is 45.6 Å². The van der Waals surface area contributed by atoms with E-state index in [1.165, 1.54) is 12.1 Å². The first-order valence-electron chi connectivity index (χ1n) is 7.40. The second kappa shape index (κ2) is 8.73. The van der Waals surface area contributed by atoms with Gasteiger partial charge in [0.2, 0.25) is 0 Å². The molecule has 4 heteroatoms. The molecular formula is C16H24BrF2N. The van der Waals surface area contributed by atoms with E-state index in [4.69, 9.17) is 0 Å². The highest BCUT2D eigenvalue weighted by Crippen LogP contribution is 2.25. The molecule has 0 aliphatic rings. The first kappa shape index (κ1) is 17.6. The molecule has 1 rings (SSSR count). The van der Waals surface area contributed by atoms with Crippen molar-refractivity contribution in [3.8, 4) is 0 Å². The van der Waals surface area contributed by atoms with Crippen LogP contribution >= 0.6 is 15.9 Å². The minimum atomic E-state index is -0.473. The van der Waals surface area contributed by atoms with Crippen molar-refractivity contribution in [2.75, 3.05) is 6.54 Å². The van der Waals surface area contributed by atoms with Crippen molar-refractivity contribution in [2.45, 2.75) is 52.5 Å². The van der Waals surface area contributed by atoms with E-state index in [1.807, 2.05) is 0 Å². The molecule has 114 valence electrons. The van der Waals surface area contributed by atoms with Gasteiger partial charge in [-0.2, -0.15) is 0 Å². The maximum atomic E-state index is 14.1. The van der Waals surface area contributed by atoms with Crippen LogP contribution < -0.4 is 5.32 Å². The van der Waals surface area contributed by atoms with E-state index in [-0.39, 0.29) is 11.6 Å². The molecule has 0 bridgehead atoms. The summed E-state index contributed by atoms with van der Waals surface area (Å²) in [5.41, 5.74) is 0.180. The standard InChI is InChI=1S/C16H24BrF2N/c1-4-9-20-15(11(5-2)6-3)10-12-14(18)8-7-13(17)16(12)19/h7-8,11,15,20H,4-6,9-10H2,1-3H3. The Morgan fingerprint density at radius 3 is 2.35 bits per heavy atom. The van der Waals surface area contributed by atoms with Crippen molar-refractivity contribution in [3.05, 3.63) is 33.8 Å². The predicted molar refractivity (Wildman–Crippen MR) is 83.9 cm³/mol. The van der Waals surface area contributed by atoms with E-state index >= 15 is 0 Å². The summed E-state index contributed by atoms with van der Waals surface area (Å²) < 4.78 is 28.3. The number of hydrogen-bond donors (Lipinski definition) is 1. The molecule has 1 aromatic carbocycles. The van der Waals surface area contributed by atoms with E-state index < -0.39 is 11.6 Å². The van der Waals surface area contributed by atoms with Gasteiger partial charge in [-0.1, -0.05) is 33.6 Å². The summed E-state index contributed by atoms with van der Waals surface area (Å²) in [7, 11) is 0. The number of hydrogen-bond acceptors (Lipinski definition) is 1. The third-order valence-electron chi connectivity index (χ3n) is 3.84. The zero-order chi connectivity index (χ0) is 15.1. The predicted octanol–water partition coefficient (Wildman–Crippen LogP) is 5.07. The Kier molecular flexibility index (Phi) is 7.67. The van der Waals surface area contributed by atoms with Crippen LogP contribution in [0.3, 0.4) is 0 Å². The van der Waals surface area contributed by atoms with Crippen LogP contribution in [0, 0.1) is 17.6 Å². The minimum absolute atomic E-state index is 0.114. The first-order valence-corrected chi connectivity index (χ1v) is 8.20. The highest BCUT2D eigenvalue weighted by molar-refractivity contribution is 9.10. The summed E-state index contributed by atoms with van der Waals surface area (Å²) in [4.78, 5) is 0. The molecule has 20 heavy (non-hydrogen) atoms. The third kappa shape index (κ3) is 4.52. The highest BCUT2D eigenvalue weighted by atomic mass is 79.9.